The van der Waals surface area contributed by atoms with Gasteiger partial charge in [-0.25, -0.2) is 4.98 Å². The summed E-state index contributed by atoms with van der Waals surface area (Å²) in [6, 6.07) is 5.14. The lowest BCUT2D eigenvalue weighted by molar-refractivity contribution is -0.137. The van der Waals surface area contributed by atoms with Gasteiger partial charge in [-0.1, -0.05) is 43.2 Å². The molecule has 0 atom stereocenters. The normalized spacial score (nSPS) is 14.8. The Balaban J connectivity index is 1.59. The van der Waals surface area contributed by atoms with Gasteiger partial charge in [-0.2, -0.15) is 13.2 Å². The number of aryl methyl sites for hydroxylation is 1. The van der Waals surface area contributed by atoms with E-state index < -0.39 is 17.6 Å². The molecular weight excluding hydrogens is 453 g/mol. The van der Waals surface area contributed by atoms with Crippen molar-refractivity contribution in [2.75, 3.05) is 24.7 Å². The number of carbonyl (C=O) groups excluding carboxylic acids is 2. The highest BCUT2D eigenvalue weighted by Gasteiger charge is 2.33. The van der Waals surface area contributed by atoms with E-state index in [-0.39, 0.29) is 23.9 Å². The molecule has 10 heteroatoms. The number of aromatic nitrogens is 2. The number of hydrogen-bond acceptors (Lipinski definition) is 4. The molecule has 0 unspecified atom stereocenters. The van der Waals surface area contributed by atoms with Crippen LogP contribution in [-0.2, 0) is 15.8 Å². The molecule has 3 rings (SSSR count). The first-order chi connectivity index (χ1) is 15.6. The lowest BCUT2D eigenvalue weighted by Crippen LogP contribution is -2.36. The molecule has 0 aliphatic heterocycles. The van der Waals surface area contributed by atoms with Gasteiger partial charge in [-0.15, -0.1) is 0 Å². The van der Waals surface area contributed by atoms with Gasteiger partial charge in [0.1, 0.15) is 0 Å². The van der Waals surface area contributed by atoms with Crippen molar-refractivity contribution in [2.45, 2.75) is 63.3 Å². The summed E-state index contributed by atoms with van der Waals surface area (Å²) in [5, 5.41) is 3.06. The lowest BCUT2D eigenvalue weighted by atomic mass is 9.95. The van der Waals surface area contributed by atoms with Gasteiger partial charge < -0.3 is 14.8 Å². The summed E-state index contributed by atoms with van der Waals surface area (Å²) < 4.78 is 41.6. The molecule has 2 aromatic rings. The van der Waals surface area contributed by atoms with Crippen molar-refractivity contribution in [2.24, 2.45) is 0 Å². The molecule has 0 bridgehead atoms. The zero-order valence-electron chi connectivity index (χ0n) is 19.0. The number of imidazole rings is 1. The molecule has 1 aliphatic carbocycles. The van der Waals surface area contributed by atoms with Gasteiger partial charge in [-0.3, -0.25) is 9.59 Å². The second-order valence-corrected chi connectivity index (χ2v) is 9.30. The molecule has 33 heavy (non-hydrogen) atoms. The van der Waals surface area contributed by atoms with E-state index >= 15 is 0 Å². The molecule has 1 aromatic heterocycles. The fourth-order valence-electron chi connectivity index (χ4n) is 4.04. The number of nitrogens with zero attached hydrogens (tertiary/aromatic N) is 3. The third-order valence-corrected chi connectivity index (χ3v) is 6.87. The monoisotopic (exact) mass is 482 g/mol. The van der Waals surface area contributed by atoms with Crippen LogP contribution in [0.5, 0.6) is 0 Å². The zero-order valence-corrected chi connectivity index (χ0v) is 19.9. The number of amides is 2. The number of rotatable bonds is 7. The first-order valence-electron chi connectivity index (χ1n) is 11.0. The largest absolute Gasteiger partial charge is 0.418 e. The summed E-state index contributed by atoms with van der Waals surface area (Å²) in [4.78, 5) is 30.8. The quantitative estimate of drug-likeness (QED) is 0.550. The third-order valence-electron chi connectivity index (χ3n) is 5.93. The van der Waals surface area contributed by atoms with E-state index in [4.69, 9.17) is 0 Å². The number of halogens is 3. The summed E-state index contributed by atoms with van der Waals surface area (Å²) >= 11 is 1.33. The topological polar surface area (TPSA) is 67.2 Å². The number of hydrogen-bond donors (Lipinski definition) is 1. The Morgan fingerprint density at radius 3 is 2.52 bits per heavy atom. The first-order valence-corrected chi connectivity index (χ1v) is 11.9. The Bertz CT molecular complexity index is 1000. The maximum absolute atomic E-state index is 13.1. The van der Waals surface area contributed by atoms with Gasteiger partial charge >= 0.3 is 6.18 Å². The number of anilines is 1. The zero-order chi connectivity index (χ0) is 24.2. The van der Waals surface area contributed by atoms with Crippen LogP contribution < -0.4 is 5.32 Å². The van der Waals surface area contributed by atoms with Crippen LogP contribution in [0.3, 0.4) is 0 Å². The molecule has 6 nitrogen and oxygen atoms in total. The van der Waals surface area contributed by atoms with Crippen molar-refractivity contribution in [1.29, 1.82) is 0 Å². The molecule has 1 aromatic carbocycles. The van der Waals surface area contributed by atoms with E-state index in [1.165, 1.54) is 61.2 Å². The fourth-order valence-corrected chi connectivity index (χ4v) is 5.14. The number of alkyl halides is 3. The van der Waals surface area contributed by atoms with E-state index in [9.17, 15) is 22.8 Å². The highest BCUT2D eigenvalue weighted by molar-refractivity contribution is 7.99. The molecule has 1 saturated carbocycles. The molecule has 2 amide bonds. The van der Waals surface area contributed by atoms with Crippen molar-refractivity contribution in [3.05, 3.63) is 41.2 Å². The Labute approximate surface area is 195 Å². The van der Waals surface area contributed by atoms with Gasteiger partial charge in [0.15, 0.2) is 5.16 Å². The van der Waals surface area contributed by atoms with Crippen LogP contribution in [0.1, 0.15) is 55.1 Å². The van der Waals surface area contributed by atoms with Crippen LogP contribution >= 0.6 is 11.8 Å². The Hall–Kier alpha value is -2.49. The van der Waals surface area contributed by atoms with Crippen LogP contribution in [0.4, 0.5) is 18.9 Å². The molecule has 0 radical (unpaired) electrons. The average Bonchev–Trinajstić information content (AvgIpc) is 3.05. The number of nitrogens with one attached hydrogen (secondary N) is 1. The van der Waals surface area contributed by atoms with Crippen LogP contribution in [-0.4, -0.2) is 45.6 Å². The van der Waals surface area contributed by atoms with Crippen LogP contribution in [0.25, 0.3) is 0 Å². The summed E-state index contributed by atoms with van der Waals surface area (Å²) in [7, 11) is 1.46. The predicted molar refractivity (Wildman–Crippen MR) is 122 cm³/mol. The smallest absolute Gasteiger partial charge is 0.336 e. The Morgan fingerprint density at radius 1 is 1.18 bits per heavy atom. The number of benzene rings is 1. The maximum Gasteiger partial charge on any atom is 0.418 e. The van der Waals surface area contributed by atoms with Crippen molar-refractivity contribution >= 4 is 29.3 Å². The molecular formula is C23H29F3N4O2S. The molecule has 1 aliphatic rings. The average molecular weight is 483 g/mol. The standard InChI is InChI=1S/C23H29F3N4O2S/c1-15-16(2)30(17-9-5-4-6-10-17)22(27-15)33-14-21(32)29(3)13-20(31)28-19-12-8-7-11-18(19)23(24,25)26/h7-8,11-12,17H,4-6,9-10,13-14H2,1-3H3,(H,28,31). The van der Waals surface area contributed by atoms with Crippen molar-refractivity contribution in [3.63, 3.8) is 0 Å². The molecule has 1 heterocycles. The summed E-state index contributed by atoms with van der Waals surface area (Å²) in [5.74, 6) is -0.901. The van der Waals surface area contributed by atoms with E-state index in [0.717, 1.165) is 35.5 Å². The van der Waals surface area contributed by atoms with E-state index in [2.05, 4.69) is 14.9 Å². The van der Waals surface area contributed by atoms with Crippen molar-refractivity contribution < 1.29 is 22.8 Å². The lowest BCUT2D eigenvalue weighted by Gasteiger charge is -2.26. The third kappa shape index (κ3) is 6.31. The molecule has 1 N–H and O–H groups in total. The number of likely N-dealkylation sites (N-methyl/N-ethyl adjacent to an activating group) is 1. The maximum atomic E-state index is 13.1. The number of carbonyl (C=O) groups is 2. The van der Waals surface area contributed by atoms with E-state index in [0.29, 0.717) is 6.04 Å². The minimum atomic E-state index is -4.58. The summed E-state index contributed by atoms with van der Waals surface area (Å²) in [6.07, 6.45) is 1.21. The number of thioether (sulfide) groups is 1. The first kappa shape index (κ1) is 25.1. The van der Waals surface area contributed by atoms with Gasteiger partial charge in [0.25, 0.3) is 0 Å². The van der Waals surface area contributed by atoms with Gasteiger partial charge in [0.05, 0.1) is 29.2 Å². The van der Waals surface area contributed by atoms with Crippen LogP contribution in [0.2, 0.25) is 0 Å². The van der Waals surface area contributed by atoms with Crippen LogP contribution in [0.15, 0.2) is 29.4 Å². The predicted octanol–water partition coefficient (Wildman–Crippen LogP) is 5.21. The molecule has 0 saturated heterocycles. The second-order valence-electron chi connectivity index (χ2n) is 8.36. The second kappa shape index (κ2) is 10.6. The summed E-state index contributed by atoms with van der Waals surface area (Å²) in [6.45, 7) is 3.65. The Kier molecular flexibility index (Phi) is 8.10. The van der Waals surface area contributed by atoms with E-state index in [1.807, 2.05) is 13.8 Å². The molecule has 0 spiro atoms. The number of para-hydroxylation sites is 1. The van der Waals surface area contributed by atoms with Crippen LogP contribution in [0, 0.1) is 13.8 Å². The minimum Gasteiger partial charge on any atom is -0.336 e. The van der Waals surface area contributed by atoms with Crippen molar-refractivity contribution in [3.8, 4) is 0 Å². The molecule has 180 valence electrons. The summed E-state index contributed by atoms with van der Waals surface area (Å²) in [5.41, 5.74) is 0.786. The fraction of sp³-hybridized carbons (Fsp3) is 0.522. The minimum absolute atomic E-state index is 0.0888. The SMILES string of the molecule is Cc1nc(SCC(=O)N(C)CC(=O)Nc2ccccc2C(F)(F)F)n(C2CCCCC2)c1C. The van der Waals surface area contributed by atoms with E-state index in [1.54, 1.807) is 0 Å². The molecule has 1 fully saturated rings. The van der Waals surface area contributed by atoms with Gasteiger partial charge in [0, 0.05) is 18.8 Å². The van der Waals surface area contributed by atoms with Crippen molar-refractivity contribution in [1.82, 2.24) is 14.5 Å². The highest BCUT2D eigenvalue weighted by atomic mass is 32.2. The van der Waals surface area contributed by atoms with Gasteiger partial charge in [0.2, 0.25) is 11.8 Å². The highest BCUT2D eigenvalue weighted by Crippen LogP contribution is 2.35. The Morgan fingerprint density at radius 2 is 1.85 bits per heavy atom. The van der Waals surface area contributed by atoms with Gasteiger partial charge in [-0.05, 0) is 38.8 Å².